The molecule has 0 aliphatic rings. The third kappa shape index (κ3) is 4.15. The fourth-order valence-electron chi connectivity index (χ4n) is 0.364. The molecule has 54 valence electrons. The van der Waals surface area contributed by atoms with E-state index in [1.54, 1.807) is 7.11 Å². The Balaban J connectivity index is 3.70. The molecule has 0 atom stereocenters. The Morgan fingerprint density at radius 2 is 2.11 bits per heavy atom. The quantitative estimate of drug-likeness (QED) is 0.529. The van der Waals surface area contributed by atoms with Crippen molar-refractivity contribution >= 4 is 6.21 Å². The van der Waals surface area contributed by atoms with Gasteiger partial charge in [-0.05, 0) is 20.8 Å². The van der Waals surface area contributed by atoms with E-state index in [-0.39, 0.29) is 5.60 Å². The topological polar surface area (TPSA) is 21.6 Å². The molecule has 0 spiro atoms. The van der Waals surface area contributed by atoms with Crippen LogP contribution in [0.3, 0.4) is 0 Å². The van der Waals surface area contributed by atoms with Gasteiger partial charge in [-0.25, -0.2) is 0 Å². The molecule has 0 aromatic heterocycles. The van der Waals surface area contributed by atoms with Gasteiger partial charge in [0.2, 0.25) is 0 Å². The first-order valence-corrected chi connectivity index (χ1v) is 3.18. The predicted molar refractivity (Wildman–Crippen MR) is 40.1 cm³/mol. The van der Waals surface area contributed by atoms with Crippen molar-refractivity contribution in [1.82, 2.24) is 0 Å². The Bertz CT molecular complexity index is 97.1. The average Bonchev–Trinajstić information content (AvgIpc) is 1.84. The SMILES string of the molecule is CCN=CC(C)(C)OC. The van der Waals surface area contributed by atoms with Crippen LogP contribution < -0.4 is 0 Å². The highest BCUT2D eigenvalue weighted by molar-refractivity contribution is 5.67. The molecule has 0 saturated heterocycles. The number of ether oxygens (including phenoxy) is 1. The molecule has 0 rings (SSSR count). The first-order valence-electron chi connectivity index (χ1n) is 3.18. The summed E-state index contributed by atoms with van der Waals surface area (Å²) >= 11 is 0. The normalized spacial score (nSPS) is 12.9. The minimum absolute atomic E-state index is 0.198. The smallest absolute Gasteiger partial charge is 0.0967 e. The molecule has 0 aliphatic heterocycles. The lowest BCUT2D eigenvalue weighted by atomic mass is 10.2. The second-order valence-electron chi connectivity index (χ2n) is 2.44. The summed E-state index contributed by atoms with van der Waals surface area (Å²) in [6.07, 6.45) is 1.83. The van der Waals surface area contributed by atoms with Crippen LogP contribution in [0.2, 0.25) is 0 Å². The highest BCUT2D eigenvalue weighted by Crippen LogP contribution is 2.01. The maximum absolute atomic E-state index is 5.09. The molecule has 2 heteroatoms. The molecule has 0 unspecified atom stereocenters. The fraction of sp³-hybridized carbons (Fsp3) is 0.857. The molecule has 0 aliphatic carbocycles. The van der Waals surface area contributed by atoms with E-state index in [1.807, 2.05) is 27.0 Å². The molecule has 0 aromatic carbocycles. The second-order valence-corrected chi connectivity index (χ2v) is 2.44. The Morgan fingerprint density at radius 3 is 2.44 bits per heavy atom. The molecular formula is C7H15NO. The molecule has 0 bridgehead atoms. The Hall–Kier alpha value is -0.370. The third-order valence-electron chi connectivity index (χ3n) is 1.11. The van der Waals surface area contributed by atoms with Gasteiger partial charge in [0, 0.05) is 19.9 Å². The number of nitrogens with zero attached hydrogens (tertiary/aromatic N) is 1. The van der Waals surface area contributed by atoms with Crippen molar-refractivity contribution in [3.8, 4) is 0 Å². The zero-order valence-electron chi connectivity index (χ0n) is 6.64. The summed E-state index contributed by atoms with van der Waals surface area (Å²) in [5.74, 6) is 0. The molecule has 0 aromatic rings. The Labute approximate surface area is 56.9 Å². The number of hydrogen-bond acceptors (Lipinski definition) is 2. The van der Waals surface area contributed by atoms with E-state index in [0.717, 1.165) is 6.54 Å². The van der Waals surface area contributed by atoms with Gasteiger partial charge in [-0.15, -0.1) is 0 Å². The number of aliphatic imine (C=N–C) groups is 1. The van der Waals surface area contributed by atoms with Gasteiger partial charge in [0.15, 0.2) is 0 Å². The summed E-state index contributed by atoms with van der Waals surface area (Å²) in [6.45, 7) is 6.79. The minimum Gasteiger partial charge on any atom is -0.373 e. The zero-order valence-corrected chi connectivity index (χ0v) is 6.64. The molecule has 0 fully saturated rings. The molecule has 0 radical (unpaired) electrons. The lowest BCUT2D eigenvalue weighted by Gasteiger charge is -2.15. The molecule has 9 heavy (non-hydrogen) atoms. The number of hydrogen-bond donors (Lipinski definition) is 0. The maximum Gasteiger partial charge on any atom is 0.0967 e. The predicted octanol–water partition coefficient (Wildman–Crippen LogP) is 1.50. The van der Waals surface area contributed by atoms with Gasteiger partial charge in [-0.3, -0.25) is 4.99 Å². The Morgan fingerprint density at radius 1 is 1.56 bits per heavy atom. The van der Waals surface area contributed by atoms with Gasteiger partial charge in [0.1, 0.15) is 0 Å². The average molecular weight is 129 g/mol. The maximum atomic E-state index is 5.09. The molecule has 0 N–H and O–H groups in total. The summed E-state index contributed by atoms with van der Waals surface area (Å²) in [7, 11) is 1.68. The first-order chi connectivity index (χ1) is 4.12. The largest absolute Gasteiger partial charge is 0.373 e. The molecular weight excluding hydrogens is 114 g/mol. The molecule has 0 heterocycles. The van der Waals surface area contributed by atoms with Crippen LogP contribution in [0, 0.1) is 0 Å². The zero-order chi connectivity index (χ0) is 7.33. The van der Waals surface area contributed by atoms with Crippen molar-refractivity contribution in [2.75, 3.05) is 13.7 Å². The van der Waals surface area contributed by atoms with Crippen molar-refractivity contribution in [3.63, 3.8) is 0 Å². The Kier molecular flexibility index (Phi) is 3.47. The van der Waals surface area contributed by atoms with Crippen LogP contribution in [0.4, 0.5) is 0 Å². The lowest BCUT2D eigenvalue weighted by molar-refractivity contribution is 0.0870. The van der Waals surface area contributed by atoms with E-state index in [4.69, 9.17) is 4.74 Å². The second kappa shape index (κ2) is 3.62. The highest BCUT2D eigenvalue weighted by atomic mass is 16.5. The highest BCUT2D eigenvalue weighted by Gasteiger charge is 2.10. The summed E-state index contributed by atoms with van der Waals surface area (Å²) in [5.41, 5.74) is -0.198. The summed E-state index contributed by atoms with van der Waals surface area (Å²) in [5, 5.41) is 0. The van der Waals surface area contributed by atoms with E-state index in [2.05, 4.69) is 4.99 Å². The van der Waals surface area contributed by atoms with Gasteiger partial charge in [0.25, 0.3) is 0 Å². The summed E-state index contributed by atoms with van der Waals surface area (Å²) < 4.78 is 5.09. The standard InChI is InChI=1S/C7H15NO/c1-5-8-6-7(2,3)9-4/h6H,5H2,1-4H3. The van der Waals surface area contributed by atoms with Crippen molar-refractivity contribution in [3.05, 3.63) is 0 Å². The third-order valence-corrected chi connectivity index (χ3v) is 1.11. The lowest BCUT2D eigenvalue weighted by Crippen LogP contribution is -2.24. The van der Waals surface area contributed by atoms with Gasteiger partial charge in [0.05, 0.1) is 5.60 Å². The summed E-state index contributed by atoms with van der Waals surface area (Å²) in [4.78, 5) is 4.06. The van der Waals surface area contributed by atoms with Crippen molar-refractivity contribution in [2.24, 2.45) is 4.99 Å². The van der Waals surface area contributed by atoms with Gasteiger partial charge in [-0.2, -0.15) is 0 Å². The minimum atomic E-state index is -0.198. The van der Waals surface area contributed by atoms with E-state index in [1.165, 1.54) is 0 Å². The van der Waals surface area contributed by atoms with E-state index < -0.39 is 0 Å². The van der Waals surface area contributed by atoms with Crippen molar-refractivity contribution in [1.29, 1.82) is 0 Å². The molecule has 0 amide bonds. The van der Waals surface area contributed by atoms with Crippen LogP contribution in [-0.2, 0) is 4.74 Å². The monoisotopic (exact) mass is 129 g/mol. The van der Waals surface area contributed by atoms with Crippen LogP contribution >= 0.6 is 0 Å². The van der Waals surface area contributed by atoms with Crippen molar-refractivity contribution < 1.29 is 4.74 Å². The van der Waals surface area contributed by atoms with Crippen LogP contribution in [0.1, 0.15) is 20.8 Å². The van der Waals surface area contributed by atoms with E-state index in [9.17, 15) is 0 Å². The van der Waals surface area contributed by atoms with Crippen LogP contribution in [0.25, 0.3) is 0 Å². The molecule has 0 saturated carbocycles. The van der Waals surface area contributed by atoms with Gasteiger partial charge < -0.3 is 4.74 Å². The van der Waals surface area contributed by atoms with Crippen LogP contribution in [-0.4, -0.2) is 25.5 Å². The van der Waals surface area contributed by atoms with E-state index >= 15 is 0 Å². The first kappa shape index (κ1) is 8.63. The van der Waals surface area contributed by atoms with E-state index in [0.29, 0.717) is 0 Å². The summed E-state index contributed by atoms with van der Waals surface area (Å²) in [6, 6.07) is 0. The van der Waals surface area contributed by atoms with Crippen LogP contribution in [0.15, 0.2) is 4.99 Å². The number of methoxy groups -OCH3 is 1. The molecule has 2 nitrogen and oxygen atoms in total. The number of rotatable bonds is 3. The van der Waals surface area contributed by atoms with Crippen molar-refractivity contribution in [2.45, 2.75) is 26.4 Å². The fourth-order valence-corrected chi connectivity index (χ4v) is 0.364. The van der Waals surface area contributed by atoms with Gasteiger partial charge in [-0.1, -0.05) is 0 Å². The van der Waals surface area contributed by atoms with Gasteiger partial charge >= 0.3 is 0 Å². The van der Waals surface area contributed by atoms with Crippen LogP contribution in [0.5, 0.6) is 0 Å².